The minimum atomic E-state index is -0.955. The maximum absolute atomic E-state index is 11.2. The van der Waals surface area contributed by atoms with Gasteiger partial charge in [-0.1, -0.05) is 65.8 Å². The number of carbonyl (C=O) groups is 1. The monoisotopic (exact) mass is 463 g/mol. The van der Waals surface area contributed by atoms with Crippen LogP contribution in [-0.2, 0) is 6.42 Å². The molecule has 0 bridgehead atoms. The van der Waals surface area contributed by atoms with Crippen molar-refractivity contribution in [1.29, 1.82) is 0 Å². The molecule has 162 valence electrons. The fourth-order valence-electron chi connectivity index (χ4n) is 3.40. The summed E-state index contributed by atoms with van der Waals surface area (Å²) in [6.45, 7) is 0. The highest BCUT2D eigenvalue weighted by atomic mass is 35.5. The number of hydrogen-bond acceptors (Lipinski definition) is 4. The summed E-state index contributed by atoms with van der Waals surface area (Å²) in [6.07, 6.45) is 3.20. The second kappa shape index (κ2) is 10.5. The molecular formula is C25H22ClN3O2S. The van der Waals surface area contributed by atoms with Crippen LogP contribution in [0.25, 0.3) is 17.1 Å². The number of halogens is 1. The highest BCUT2D eigenvalue weighted by molar-refractivity contribution is 7.99. The van der Waals surface area contributed by atoms with Gasteiger partial charge in [-0.2, -0.15) is 0 Å². The van der Waals surface area contributed by atoms with E-state index in [1.54, 1.807) is 36.0 Å². The summed E-state index contributed by atoms with van der Waals surface area (Å²) in [5.41, 5.74) is 3.24. The third-order valence-corrected chi connectivity index (χ3v) is 6.27. The quantitative estimate of drug-likeness (QED) is 0.230. The Hall–Kier alpha value is -3.09. The molecule has 1 N–H and O–H groups in total. The summed E-state index contributed by atoms with van der Waals surface area (Å²) in [5.74, 6) is 0.624. The standard InChI is InChI=1S/C25H22ClN3O2S/c26-21-11-6-10-20(17-21)23-27-28-25(29(23)22-14-12-19(13-15-22)24(30)31)32-16-5-4-9-18-7-2-1-3-8-18/h1-3,6-8,10-15,17H,4-5,9,16H2,(H,30,31). The Balaban J connectivity index is 1.54. The molecule has 32 heavy (non-hydrogen) atoms. The summed E-state index contributed by atoms with van der Waals surface area (Å²) >= 11 is 7.84. The van der Waals surface area contributed by atoms with Crippen molar-refractivity contribution in [2.24, 2.45) is 0 Å². The van der Waals surface area contributed by atoms with Gasteiger partial charge in [0.15, 0.2) is 11.0 Å². The van der Waals surface area contributed by atoms with Crippen LogP contribution in [0.2, 0.25) is 5.02 Å². The van der Waals surface area contributed by atoms with Crippen LogP contribution in [-0.4, -0.2) is 31.6 Å². The summed E-state index contributed by atoms with van der Waals surface area (Å²) in [5, 5.41) is 19.5. The molecule has 0 aliphatic heterocycles. The summed E-state index contributed by atoms with van der Waals surface area (Å²) in [4.78, 5) is 11.2. The van der Waals surface area contributed by atoms with E-state index in [-0.39, 0.29) is 5.56 Å². The Bertz CT molecular complexity index is 1190. The van der Waals surface area contributed by atoms with Crippen molar-refractivity contribution in [3.05, 3.63) is 95.0 Å². The third-order valence-electron chi connectivity index (χ3n) is 5.02. The van der Waals surface area contributed by atoms with Crippen LogP contribution in [0, 0.1) is 0 Å². The zero-order valence-electron chi connectivity index (χ0n) is 17.3. The van der Waals surface area contributed by atoms with Gasteiger partial charge in [-0.3, -0.25) is 4.57 Å². The average molecular weight is 464 g/mol. The van der Waals surface area contributed by atoms with E-state index in [2.05, 4.69) is 34.5 Å². The zero-order valence-corrected chi connectivity index (χ0v) is 18.9. The van der Waals surface area contributed by atoms with Crippen LogP contribution in [0.5, 0.6) is 0 Å². The van der Waals surface area contributed by atoms with Gasteiger partial charge >= 0.3 is 5.97 Å². The van der Waals surface area contributed by atoms with Crippen LogP contribution in [0.15, 0.2) is 84.0 Å². The smallest absolute Gasteiger partial charge is 0.335 e. The summed E-state index contributed by atoms with van der Waals surface area (Å²) in [6, 6.07) is 24.7. The molecule has 1 aromatic heterocycles. The average Bonchev–Trinajstić information content (AvgIpc) is 3.23. The van der Waals surface area contributed by atoms with Gasteiger partial charge in [0.2, 0.25) is 0 Å². The lowest BCUT2D eigenvalue weighted by Crippen LogP contribution is -2.02. The number of carboxylic acid groups (broad SMARTS) is 1. The fraction of sp³-hybridized carbons (Fsp3) is 0.160. The minimum absolute atomic E-state index is 0.237. The molecule has 0 saturated carbocycles. The predicted molar refractivity (Wildman–Crippen MR) is 129 cm³/mol. The third kappa shape index (κ3) is 5.39. The number of rotatable bonds is 9. The first-order valence-corrected chi connectivity index (χ1v) is 11.7. The van der Waals surface area contributed by atoms with Gasteiger partial charge in [-0.05, 0) is 61.2 Å². The Labute approximate surface area is 196 Å². The molecule has 4 rings (SSSR count). The molecule has 7 heteroatoms. The van der Waals surface area contributed by atoms with Crippen LogP contribution in [0.3, 0.4) is 0 Å². The number of hydrogen-bond donors (Lipinski definition) is 1. The van der Waals surface area contributed by atoms with Crippen LogP contribution in [0.1, 0.15) is 28.8 Å². The van der Waals surface area contributed by atoms with Crippen LogP contribution < -0.4 is 0 Å². The largest absolute Gasteiger partial charge is 0.478 e. The van der Waals surface area contributed by atoms with Crippen molar-refractivity contribution < 1.29 is 9.90 Å². The number of benzene rings is 3. The minimum Gasteiger partial charge on any atom is -0.478 e. The van der Waals surface area contributed by atoms with Crippen molar-refractivity contribution >= 4 is 29.3 Å². The van der Waals surface area contributed by atoms with Gasteiger partial charge in [0, 0.05) is 22.0 Å². The first-order chi connectivity index (χ1) is 15.6. The van der Waals surface area contributed by atoms with Gasteiger partial charge in [0.25, 0.3) is 0 Å². The SMILES string of the molecule is O=C(O)c1ccc(-n2c(SCCCCc3ccccc3)nnc2-c2cccc(Cl)c2)cc1. The Morgan fingerprint density at radius 3 is 2.44 bits per heavy atom. The number of aromatic nitrogens is 3. The lowest BCUT2D eigenvalue weighted by molar-refractivity contribution is 0.0697. The molecule has 5 nitrogen and oxygen atoms in total. The summed E-state index contributed by atoms with van der Waals surface area (Å²) < 4.78 is 1.96. The number of carboxylic acids is 1. The van der Waals surface area contributed by atoms with Crippen molar-refractivity contribution in [1.82, 2.24) is 14.8 Å². The van der Waals surface area contributed by atoms with Crippen LogP contribution in [0.4, 0.5) is 0 Å². The van der Waals surface area contributed by atoms with E-state index in [0.29, 0.717) is 10.8 Å². The number of thioether (sulfide) groups is 1. The van der Waals surface area contributed by atoms with E-state index >= 15 is 0 Å². The number of unbranched alkanes of at least 4 members (excludes halogenated alkanes) is 1. The predicted octanol–water partition coefficient (Wildman–Crippen LogP) is 6.40. The lowest BCUT2D eigenvalue weighted by atomic mass is 10.1. The highest BCUT2D eigenvalue weighted by Crippen LogP contribution is 2.30. The topological polar surface area (TPSA) is 68.0 Å². The second-order valence-electron chi connectivity index (χ2n) is 7.30. The molecular weight excluding hydrogens is 442 g/mol. The molecule has 1 heterocycles. The molecule has 0 atom stereocenters. The molecule has 0 radical (unpaired) electrons. The van der Waals surface area contributed by atoms with Gasteiger partial charge in [0.05, 0.1) is 5.56 Å². The number of aromatic carboxylic acids is 1. The first kappa shape index (κ1) is 22.1. The van der Waals surface area contributed by atoms with Crippen molar-refractivity contribution in [2.75, 3.05) is 5.75 Å². The second-order valence-corrected chi connectivity index (χ2v) is 8.79. The van der Waals surface area contributed by atoms with Gasteiger partial charge in [0.1, 0.15) is 0 Å². The van der Waals surface area contributed by atoms with E-state index in [1.807, 2.05) is 34.9 Å². The summed E-state index contributed by atoms with van der Waals surface area (Å²) in [7, 11) is 0. The van der Waals surface area contributed by atoms with Crippen molar-refractivity contribution in [2.45, 2.75) is 24.4 Å². The number of nitrogens with zero attached hydrogens (tertiary/aromatic N) is 3. The first-order valence-electron chi connectivity index (χ1n) is 10.3. The highest BCUT2D eigenvalue weighted by Gasteiger charge is 2.17. The van der Waals surface area contributed by atoms with E-state index in [4.69, 9.17) is 11.6 Å². The van der Waals surface area contributed by atoms with Crippen LogP contribution >= 0.6 is 23.4 Å². The van der Waals surface area contributed by atoms with E-state index in [0.717, 1.165) is 41.4 Å². The van der Waals surface area contributed by atoms with Gasteiger partial charge in [-0.25, -0.2) is 4.79 Å². The molecule has 0 amide bonds. The van der Waals surface area contributed by atoms with E-state index in [9.17, 15) is 9.90 Å². The molecule has 0 aliphatic carbocycles. The van der Waals surface area contributed by atoms with E-state index in [1.165, 1.54) is 5.56 Å². The number of aryl methyl sites for hydroxylation is 1. The zero-order chi connectivity index (χ0) is 22.3. The molecule has 4 aromatic rings. The molecule has 3 aromatic carbocycles. The molecule has 0 fully saturated rings. The molecule has 0 unspecified atom stereocenters. The maximum atomic E-state index is 11.2. The Morgan fingerprint density at radius 2 is 1.72 bits per heavy atom. The van der Waals surface area contributed by atoms with Gasteiger partial charge in [-0.15, -0.1) is 10.2 Å². The Kier molecular flexibility index (Phi) is 7.24. The Morgan fingerprint density at radius 1 is 0.938 bits per heavy atom. The fourth-order valence-corrected chi connectivity index (χ4v) is 4.54. The normalized spacial score (nSPS) is 10.9. The van der Waals surface area contributed by atoms with Crippen molar-refractivity contribution in [3.63, 3.8) is 0 Å². The van der Waals surface area contributed by atoms with E-state index < -0.39 is 5.97 Å². The molecule has 0 saturated heterocycles. The lowest BCUT2D eigenvalue weighted by Gasteiger charge is -2.11. The van der Waals surface area contributed by atoms with Crippen molar-refractivity contribution in [3.8, 4) is 17.1 Å². The van der Waals surface area contributed by atoms with Gasteiger partial charge < -0.3 is 5.11 Å². The maximum Gasteiger partial charge on any atom is 0.335 e. The molecule has 0 spiro atoms. The molecule has 0 aliphatic rings.